The van der Waals surface area contributed by atoms with Crippen molar-refractivity contribution in [2.75, 3.05) is 0 Å². The van der Waals surface area contributed by atoms with E-state index in [0.29, 0.717) is 23.8 Å². The zero-order chi connectivity index (χ0) is 24.6. The molecule has 2 aliphatic rings. The second-order valence-corrected chi connectivity index (χ2v) is 11.8. The van der Waals surface area contributed by atoms with Gasteiger partial charge in [0.25, 0.3) is 0 Å². The summed E-state index contributed by atoms with van der Waals surface area (Å²) in [5.74, 6) is 2.27. The van der Waals surface area contributed by atoms with Crippen LogP contribution < -0.4 is 0 Å². The van der Waals surface area contributed by atoms with Crippen LogP contribution in [-0.2, 0) is 12.8 Å². The third kappa shape index (κ3) is 7.78. The lowest BCUT2D eigenvalue weighted by atomic mass is 9.74. The monoisotopic (exact) mass is 500 g/mol. The molecule has 0 heterocycles. The molecule has 0 aromatic heterocycles. The van der Waals surface area contributed by atoms with Crippen molar-refractivity contribution in [2.45, 2.75) is 109 Å². The van der Waals surface area contributed by atoms with Gasteiger partial charge in [0.15, 0.2) is 0 Å². The van der Waals surface area contributed by atoms with Gasteiger partial charge in [0, 0.05) is 10.6 Å². The fourth-order valence-electron chi connectivity index (χ4n) is 6.58. The summed E-state index contributed by atoms with van der Waals surface area (Å²) in [6.45, 7) is 2.30. The fourth-order valence-corrected chi connectivity index (χ4v) is 6.70. The summed E-state index contributed by atoms with van der Waals surface area (Å²) in [6, 6.07) is 10.7. The molecule has 0 atom stereocenters. The molecule has 0 unspecified atom stereocenters. The third-order valence-corrected chi connectivity index (χ3v) is 9.23. The molecule has 4 rings (SSSR count). The highest BCUT2D eigenvalue weighted by Gasteiger charge is 2.26. The molecular formula is C32H43ClF2. The standard InChI is InChI=1S/C32H43ClF2/c1-2-3-4-23-5-7-24(8-6-23)9-10-25-11-16-27(17-12-25)28-21-31(34)30(32(35)22-28)20-15-26-13-18-29(33)19-14-26/h13-14,18-19,21-25,27H,2-12,15-17,20H2,1H3/t23-,24-,25?,27?. The number of benzene rings is 2. The average Bonchev–Trinajstić information content (AvgIpc) is 2.87. The van der Waals surface area contributed by atoms with Gasteiger partial charge in [-0.25, -0.2) is 8.78 Å². The van der Waals surface area contributed by atoms with Gasteiger partial charge in [0.1, 0.15) is 11.6 Å². The Morgan fingerprint density at radius 2 is 1.23 bits per heavy atom. The second kappa shape index (κ2) is 13.2. The molecular weight excluding hydrogens is 458 g/mol. The van der Waals surface area contributed by atoms with E-state index in [2.05, 4.69) is 6.92 Å². The molecule has 2 aromatic carbocycles. The van der Waals surface area contributed by atoms with E-state index in [1.807, 2.05) is 24.3 Å². The lowest BCUT2D eigenvalue weighted by molar-refractivity contribution is 0.222. The van der Waals surface area contributed by atoms with Gasteiger partial charge in [-0.1, -0.05) is 88.4 Å². The van der Waals surface area contributed by atoms with E-state index in [1.165, 1.54) is 70.6 Å². The number of aryl methyl sites for hydroxylation is 1. The third-order valence-electron chi connectivity index (χ3n) is 8.97. The zero-order valence-electron chi connectivity index (χ0n) is 21.5. The van der Waals surface area contributed by atoms with Gasteiger partial charge in [-0.15, -0.1) is 0 Å². The Balaban J connectivity index is 1.21. The number of unbranched alkanes of at least 4 members (excludes halogenated alkanes) is 1. The van der Waals surface area contributed by atoms with Crippen molar-refractivity contribution in [1.82, 2.24) is 0 Å². The first kappa shape index (κ1) is 26.6. The van der Waals surface area contributed by atoms with Crippen LogP contribution in [0.2, 0.25) is 5.02 Å². The minimum atomic E-state index is -0.384. The minimum Gasteiger partial charge on any atom is -0.207 e. The molecule has 0 nitrogen and oxygen atoms in total. The first-order valence-electron chi connectivity index (χ1n) is 14.2. The molecule has 2 aliphatic carbocycles. The Morgan fingerprint density at radius 3 is 1.77 bits per heavy atom. The normalized spacial score (nSPS) is 25.0. The fraction of sp³-hybridized carbons (Fsp3) is 0.625. The van der Waals surface area contributed by atoms with Gasteiger partial charge in [0.2, 0.25) is 0 Å². The molecule has 192 valence electrons. The lowest BCUT2D eigenvalue weighted by Gasteiger charge is -2.32. The van der Waals surface area contributed by atoms with Crippen LogP contribution in [0.4, 0.5) is 8.78 Å². The van der Waals surface area contributed by atoms with Crippen LogP contribution in [0.3, 0.4) is 0 Å². The van der Waals surface area contributed by atoms with Crippen LogP contribution in [0.5, 0.6) is 0 Å². The maximum absolute atomic E-state index is 14.9. The van der Waals surface area contributed by atoms with Crippen molar-refractivity contribution in [2.24, 2.45) is 17.8 Å². The highest BCUT2D eigenvalue weighted by molar-refractivity contribution is 6.30. The van der Waals surface area contributed by atoms with Crippen molar-refractivity contribution in [3.05, 3.63) is 69.7 Å². The molecule has 0 saturated heterocycles. The Morgan fingerprint density at radius 1 is 0.714 bits per heavy atom. The quantitative estimate of drug-likeness (QED) is 0.304. The molecule has 2 fully saturated rings. The Kier molecular flexibility index (Phi) is 10.1. The average molecular weight is 501 g/mol. The summed E-state index contributed by atoms with van der Waals surface area (Å²) < 4.78 is 29.7. The van der Waals surface area contributed by atoms with Gasteiger partial charge < -0.3 is 0 Å². The molecule has 0 amide bonds. The lowest BCUT2D eigenvalue weighted by Crippen LogP contribution is -2.18. The van der Waals surface area contributed by atoms with Crippen LogP contribution in [0.1, 0.15) is 113 Å². The predicted molar refractivity (Wildman–Crippen MR) is 144 cm³/mol. The highest BCUT2D eigenvalue weighted by atomic mass is 35.5. The molecule has 0 radical (unpaired) electrons. The summed E-state index contributed by atoms with van der Waals surface area (Å²) in [4.78, 5) is 0. The van der Waals surface area contributed by atoms with E-state index in [1.54, 1.807) is 12.1 Å². The topological polar surface area (TPSA) is 0 Å². The van der Waals surface area contributed by atoms with Gasteiger partial charge in [0.05, 0.1) is 0 Å². The van der Waals surface area contributed by atoms with E-state index in [0.717, 1.165) is 41.7 Å². The number of halogens is 3. The van der Waals surface area contributed by atoms with Crippen molar-refractivity contribution >= 4 is 11.6 Å². The molecule has 0 bridgehead atoms. The van der Waals surface area contributed by atoms with Gasteiger partial charge in [-0.05, 0) is 97.6 Å². The van der Waals surface area contributed by atoms with Crippen LogP contribution in [0.25, 0.3) is 0 Å². The van der Waals surface area contributed by atoms with Crippen LogP contribution in [0, 0.1) is 29.4 Å². The maximum Gasteiger partial charge on any atom is 0.129 e. The summed E-state index contributed by atoms with van der Waals surface area (Å²) in [5.41, 5.74) is 2.11. The molecule has 0 aliphatic heterocycles. The van der Waals surface area contributed by atoms with Crippen molar-refractivity contribution in [3.8, 4) is 0 Å². The Bertz CT molecular complexity index is 883. The predicted octanol–water partition coefficient (Wildman–Crippen LogP) is 10.5. The van der Waals surface area contributed by atoms with E-state index in [4.69, 9.17) is 11.6 Å². The first-order chi connectivity index (χ1) is 17.0. The second-order valence-electron chi connectivity index (χ2n) is 11.4. The first-order valence-corrected chi connectivity index (χ1v) is 14.6. The Labute approximate surface area is 216 Å². The number of hydrogen-bond donors (Lipinski definition) is 0. The largest absolute Gasteiger partial charge is 0.207 e. The molecule has 0 N–H and O–H groups in total. The van der Waals surface area contributed by atoms with Crippen LogP contribution in [0.15, 0.2) is 36.4 Å². The van der Waals surface area contributed by atoms with Crippen LogP contribution >= 0.6 is 11.6 Å². The van der Waals surface area contributed by atoms with E-state index in [-0.39, 0.29) is 17.2 Å². The summed E-state index contributed by atoms with van der Waals surface area (Å²) in [5, 5.41) is 0.676. The van der Waals surface area contributed by atoms with Gasteiger partial charge in [-0.3, -0.25) is 0 Å². The molecule has 35 heavy (non-hydrogen) atoms. The molecule has 2 aromatic rings. The van der Waals surface area contributed by atoms with E-state index >= 15 is 0 Å². The Hall–Kier alpha value is -1.41. The summed E-state index contributed by atoms with van der Waals surface area (Å²) in [6.07, 6.45) is 18.2. The summed E-state index contributed by atoms with van der Waals surface area (Å²) in [7, 11) is 0. The molecule has 3 heteroatoms. The van der Waals surface area contributed by atoms with Crippen molar-refractivity contribution < 1.29 is 8.78 Å². The van der Waals surface area contributed by atoms with Gasteiger partial charge in [-0.2, -0.15) is 0 Å². The summed E-state index contributed by atoms with van der Waals surface area (Å²) >= 11 is 5.93. The smallest absolute Gasteiger partial charge is 0.129 e. The number of hydrogen-bond acceptors (Lipinski definition) is 0. The molecule has 2 saturated carbocycles. The van der Waals surface area contributed by atoms with Crippen molar-refractivity contribution in [1.29, 1.82) is 0 Å². The zero-order valence-corrected chi connectivity index (χ0v) is 22.3. The molecule has 0 spiro atoms. The van der Waals surface area contributed by atoms with Crippen molar-refractivity contribution in [3.63, 3.8) is 0 Å². The van der Waals surface area contributed by atoms with Crippen LogP contribution in [-0.4, -0.2) is 0 Å². The van der Waals surface area contributed by atoms with E-state index < -0.39 is 0 Å². The minimum absolute atomic E-state index is 0.210. The SMILES string of the molecule is CCCC[C@H]1CC[C@H](CCC2CCC(c3cc(F)c(CCc4ccc(Cl)cc4)c(F)c3)CC2)CC1. The van der Waals surface area contributed by atoms with Gasteiger partial charge >= 0.3 is 0 Å². The van der Waals surface area contributed by atoms with E-state index in [9.17, 15) is 8.78 Å². The number of rotatable bonds is 10. The highest BCUT2D eigenvalue weighted by Crippen LogP contribution is 2.41. The maximum atomic E-state index is 14.9.